The van der Waals surface area contributed by atoms with Crippen LogP contribution >= 0.6 is 23.1 Å². The molecule has 2 N–H and O–H groups in total. The maximum Gasteiger partial charge on any atom is 0.433 e. The minimum Gasteiger partial charge on any atom is -0.387 e. The van der Waals surface area contributed by atoms with Crippen LogP contribution in [0.15, 0.2) is 42.5 Å². The predicted octanol–water partition coefficient (Wildman–Crippen LogP) is 6.60. The van der Waals surface area contributed by atoms with Crippen molar-refractivity contribution in [2.75, 3.05) is 6.54 Å². The summed E-state index contributed by atoms with van der Waals surface area (Å²) in [5, 5.41) is 16.4. The Bertz CT molecular complexity index is 1300. The monoisotopic (exact) mass is 514 g/mol. The highest BCUT2D eigenvalue weighted by Crippen LogP contribution is 2.39. The highest BCUT2D eigenvalue weighted by atomic mass is 32.2. The van der Waals surface area contributed by atoms with Crippen LogP contribution < -0.4 is 5.32 Å². The standard InChI is InChI=1S/C23H16F6N2OS2/c24-22(25,26)16-5-3-4-14-15(10-20(23(27,28)29)31-21(14)16)17(32)12-30-11-13-7-8-19(34-13)18-6-1-2-9-33-18/h3-8,10,17,30,32H,1,11-12H2. The van der Waals surface area contributed by atoms with Crippen LogP contribution in [0, 0.1) is 11.2 Å². The largest absolute Gasteiger partial charge is 0.433 e. The Balaban J connectivity index is 1.56. The molecule has 4 rings (SSSR count). The van der Waals surface area contributed by atoms with E-state index in [4.69, 9.17) is 0 Å². The Labute approximate surface area is 198 Å². The van der Waals surface area contributed by atoms with E-state index in [0.717, 1.165) is 20.7 Å². The topological polar surface area (TPSA) is 45.1 Å². The van der Waals surface area contributed by atoms with Gasteiger partial charge < -0.3 is 10.4 Å². The molecule has 3 aromatic rings. The van der Waals surface area contributed by atoms with Crippen LogP contribution in [0.2, 0.25) is 0 Å². The van der Waals surface area contributed by atoms with Gasteiger partial charge in [0.05, 0.1) is 17.2 Å². The van der Waals surface area contributed by atoms with Gasteiger partial charge in [-0.05, 0) is 46.8 Å². The average molecular weight is 515 g/mol. The number of aliphatic hydroxyl groups excluding tert-OH is 1. The summed E-state index contributed by atoms with van der Waals surface area (Å²) >= 11 is 2.95. The molecule has 0 radical (unpaired) electrons. The van der Waals surface area contributed by atoms with Crippen LogP contribution in [-0.2, 0) is 18.9 Å². The number of hydrogen-bond donors (Lipinski definition) is 2. The lowest BCUT2D eigenvalue weighted by Gasteiger charge is -2.19. The summed E-state index contributed by atoms with van der Waals surface area (Å²) in [6.45, 7) is 0.164. The van der Waals surface area contributed by atoms with Gasteiger partial charge in [-0.1, -0.05) is 24.1 Å². The minimum absolute atomic E-state index is 0.164. The molecule has 3 nitrogen and oxygen atoms in total. The Kier molecular flexibility index (Phi) is 6.96. The Morgan fingerprint density at radius 1 is 1.09 bits per heavy atom. The zero-order chi connectivity index (χ0) is 24.5. The molecular weight excluding hydrogens is 498 g/mol. The number of halogens is 6. The fourth-order valence-electron chi connectivity index (χ4n) is 3.44. The molecule has 1 aliphatic heterocycles. The maximum atomic E-state index is 13.4. The molecule has 1 atom stereocenters. The van der Waals surface area contributed by atoms with E-state index in [9.17, 15) is 31.4 Å². The molecule has 0 saturated carbocycles. The van der Waals surface area contributed by atoms with Crippen molar-refractivity contribution in [2.45, 2.75) is 31.4 Å². The molecule has 1 aliphatic rings. The van der Waals surface area contributed by atoms with E-state index in [1.807, 2.05) is 18.2 Å². The van der Waals surface area contributed by atoms with Crippen LogP contribution in [0.25, 0.3) is 15.8 Å². The van der Waals surface area contributed by atoms with E-state index in [0.29, 0.717) is 25.1 Å². The van der Waals surface area contributed by atoms with Gasteiger partial charge >= 0.3 is 12.4 Å². The summed E-state index contributed by atoms with van der Waals surface area (Å²) in [6.07, 6.45) is -8.66. The maximum absolute atomic E-state index is 13.4. The first-order valence-electron chi connectivity index (χ1n) is 9.95. The lowest BCUT2D eigenvalue weighted by atomic mass is 9.99. The molecule has 2 aromatic heterocycles. The first-order valence-corrected chi connectivity index (χ1v) is 11.6. The number of para-hydroxylation sites is 1. The van der Waals surface area contributed by atoms with Gasteiger partial charge in [-0.3, -0.25) is 0 Å². The fourth-order valence-corrected chi connectivity index (χ4v) is 5.20. The molecule has 0 bridgehead atoms. The fraction of sp³-hybridized carbons (Fsp3) is 0.261. The zero-order valence-corrected chi connectivity index (χ0v) is 18.9. The normalized spacial score (nSPS) is 15.1. The molecule has 0 spiro atoms. The van der Waals surface area contributed by atoms with E-state index in [1.54, 1.807) is 0 Å². The number of rotatable bonds is 6. The van der Waals surface area contributed by atoms with Gasteiger partial charge in [-0.15, -0.1) is 11.3 Å². The van der Waals surface area contributed by atoms with Crippen molar-refractivity contribution in [3.8, 4) is 11.2 Å². The number of alkyl halides is 6. The number of fused-ring (bicyclic) bond motifs is 1. The van der Waals surface area contributed by atoms with Gasteiger partial charge in [-0.25, -0.2) is 4.98 Å². The van der Waals surface area contributed by atoms with Crippen LogP contribution in [0.1, 0.15) is 39.1 Å². The molecule has 1 unspecified atom stereocenters. The van der Waals surface area contributed by atoms with Crippen LogP contribution in [0.4, 0.5) is 26.3 Å². The summed E-state index contributed by atoms with van der Waals surface area (Å²) in [6, 6.07) is 7.41. The van der Waals surface area contributed by atoms with E-state index in [1.165, 1.54) is 29.2 Å². The van der Waals surface area contributed by atoms with Gasteiger partial charge in [0.15, 0.2) is 0 Å². The third-order valence-corrected chi connectivity index (χ3v) is 7.09. The number of nitrogens with zero attached hydrogens (tertiary/aromatic N) is 1. The van der Waals surface area contributed by atoms with Crippen molar-refractivity contribution in [1.82, 2.24) is 10.3 Å². The Morgan fingerprint density at radius 3 is 2.56 bits per heavy atom. The van der Waals surface area contributed by atoms with E-state index >= 15 is 0 Å². The predicted molar refractivity (Wildman–Crippen MR) is 121 cm³/mol. The molecule has 0 amide bonds. The number of aromatic nitrogens is 1. The average Bonchev–Trinajstić information content (AvgIpc) is 3.26. The molecule has 34 heavy (non-hydrogen) atoms. The summed E-state index contributed by atoms with van der Waals surface area (Å²) < 4.78 is 80.3. The summed E-state index contributed by atoms with van der Waals surface area (Å²) in [7, 11) is 0. The van der Waals surface area contributed by atoms with Crippen molar-refractivity contribution in [3.63, 3.8) is 0 Å². The number of allylic oxidation sites excluding steroid dienone is 1. The second-order valence-electron chi connectivity index (χ2n) is 7.36. The molecule has 178 valence electrons. The van der Waals surface area contributed by atoms with Gasteiger partial charge in [0.25, 0.3) is 0 Å². The SMILES string of the molecule is OC(CNCc1ccc(C2=CCC#CS2)s1)c1cc(C(F)(F)F)nc2c(C(F)(F)F)cccc12. The van der Waals surface area contributed by atoms with Crippen LogP contribution in [0.3, 0.4) is 0 Å². The molecule has 0 fully saturated rings. The Hall–Kier alpha value is -2.52. The second kappa shape index (κ2) is 9.62. The van der Waals surface area contributed by atoms with Crippen LogP contribution in [-0.4, -0.2) is 16.6 Å². The smallest absolute Gasteiger partial charge is 0.387 e. The molecule has 0 saturated heterocycles. The summed E-state index contributed by atoms with van der Waals surface area (Å²) in [5.41, 5.74) is -3.90. The van der Waals surface area contributed by atoms with E-state index in [-0.39, 0.29) is 17.5 Å². The van der Waals surface area contributed by atoms with Gasteiger partial charge in [0, 0.05) is 39.6 Å². The summed E-state index contributed by atoms with van der Waals surface area (Å²) in [4.78, 5) is 6.25. The lowest BCUT2D eigenvalue weighted by Crippen LogP contribution is -2.22. The van der Waals surface area contributed by atoms with E-state index in [2.05, 4.69) is 21.5 Å². The highest BCUT2D eigenvalue weighted by Gasteiger charge is 2.38. The van der Waals surface area contributed by atoms with Gasteiger partial charge in [0.2, 0.25) is 0 Å². The molecule has 0 aliphatic carbocycles. The third-order valence-electron chi connectivity index (χ3n) is 4.99. The number of hydrogen-bond acceptors (Lipinski definition) is 5. The molecule has 1 aromatic carbocycles. The minimum atomic E-state index is -4.97. The first kappa shape index (κ1) is 24.6. The van der Waals surface area contributed by atoms with E-state index < -0.39 is 35.2 Å². The molecular formula is C23H16F6N2OS2. The number of nitrogens with one attached hydrogen (secondary N) is 1. The van der Waals surface area contributed by atoms with Crippen molar-refractivity contribution in [3.05, 3.63) is 69.0 Å². The van der Waals surface area contributed by atoms with Crippen LogP contribution in [0.5, 0.6) is 0 Å². The highest BCUT2D eigenvalue weighted by molar-refractivity contribution is 8.12. The number of aliphatic hydroxyl groups is 1. The number of benzene rings is 1. The van der Waals surface area contributed by atoms with Gasteiger partial charge in [0.1, 0.15) is 5.69 Å². The van der Waals surface area contributed by atoms with Crippen molar-refractivity contribution in [1.29, 1.82) is 0 Å². The molecule has 3 heterocycles. The van der Waals surface area contributed by atoms with Crippen molar-refractivity contribution in [2.24, 2.45) is 0 Å². The first-order chi connectivity index (χ1) is 16.0. The number of pyridine rings is 1. The van der Waals surface area contributed by atoms with Crippen molar-refractivity contribution < 1.29 is 31.4 Å². The Morgan fingerprint density at radius 2 is 1.88 bits per heavy atom. The third kappa shape index (κ3) is 5.41. The lowest BCUT2D eigenvalue weighted by molar-refractivity contribution is -0.142. The summed E-state index contributed by atoms with van der Waals surface area (Å²) in [5.74, 6) is 2.95. The number of thioether (sulfide) groups is 1. The zero-order valence-electron chi connectivity index (χ0n) is 17.2. The van der Waals surface area contributed by atoms with Crippen molar-refractivity contribution >= 4 is 38.9 Å². The number of thiophene rings is 1. The van der Waals surface area contributed by atoms with Gasteiger partial charge in [-0.2, -0.15) is 26.3 Å². The quantitative estimate of drug-likeness (QED) is 0.288. The second-order valence-corrected chi connectivity index (χ2v) is 9.38. The molecule has 11 heteroatoms.